The van der Waals surface area contributed by atoms with Gasteiger partial charge in [-0.2, -0.15) is 0 Å². The average molecular weight is 505 g/mol. The molecular weight excluding hydrogens is 472 g/mol. The molecule has 0 amide bonds. The van der Waals surface area contributed by atoms with Crippen molar-refractivity contribution in [3.63, 3.8) is 0 Å². The van der Waals surface area contributed by atoms with E-state index in [2.05, 4.69) is 62.6 Å². The van der Waals surface area contributed by atoms with Gasteiger partial charge >= 0.3 is 0 Å². The normalized spacial score (nSPS) is 15.1. The van der Waals surface area contributed by atoms with Gasteiger partial charge in [-0.05, 0) is 66.3 Å². The van der Waals surface area contributed by atoms with Crippen LogP contribution in [0.4, 0.5) is 0 Å². The maximum Gasteiger partial charge on any atom is 0.138 e. The number of para-hydroxylation sites is 2. The number of aromatic hydroxyl groups is 1. The molecule has 0 saturated carbocycles. The fourth-order valence-corrected chi connectivity index (χ4v) is 5.38. The fraction of sp³-hybridized carbons (Fsp3) is 0.258. The number of benzene rings is 2. The van der Waals surface area contributed by atoms with Crippen molar-refractivity contribution >= 4 is 11.0 Å². The number of fused-ring (bicyclic) bond motifs is 2. The van der Waals surface area contributed by atoms with Crippen molar-refractivity contribution in [1.82, 2.24) is 30.2 Å². The summed E-state index contributed by atoms with van der Waals surface area (Å²) in [6.07, 6.45) is 6.96. The third-order valence-corrected chi connectivity index (χ3v) is 7.29. The van der Waals surface area contributed by atoms with Crippen molar-refractivity contribution in [2.45, 2.75) is 51.5 Å². The molecule has 7 nitrogen and oxygen atoms in total. The van der Waals surface area contributed by atoms with Crippen molar-refractivity contribution < 1.29 is 5.11 Å². The molecule has 0 fully saturated rings. The van der Waals surface area contributed by atoms with Crippen LogP contribution in [0.15, 0.2) is 85.2 Å². The van der Waals surface area contributed by atoms with Gasteiger partial charge in [-0.15, -0.1) is 0 Å². The molecule has 3 heterocycles. The number of aromatic nitrogens is 4. The van der Waals surface area contributed by atoms with E-state index in [9.17, 15) is 5.11 Å². The smallest absolute Gasteiger partial charge is 0.138 e. The number of nitrogens with one attached hydrogen (secondary N) is 2. The lowest BCUT2D eigenvalue weighted by Gasteiger charge is -2.34. The molecule has 7 heteroatoms. The molecule has 2 aromatic carbocycles. The number of H-pyrrole nitrogens is 1. The number of pyridine rings is 2. The van der Waals surface area contributed by atoms with Crippen molar-refractivity contribution in [1.29, 1.82) is 0 Å². The summed E-state index contributed by atoms with van der Waals surface area (Å²) in [7, 11) is 0. The lowest BCUT2D eigenvalue weighted by atomic mass is 9.90. The number of hydrogen-bond donors (Lipinski definition) is 3. The van der Waals surface area contributed by atoms with Crippen LogP contribution in [0.2, 0.25) is 0 Å². The predicted molar refractivity (Wildman–Crippen MR) is 148 cm³/mol. The van der Waals surface area contributed by atoms with E-state index in [1.54, 1.807) is 18.3 Å². The minimum absolute atomic E-state index is 0.221. The van der Waals surface area contributed by atoms with E-state index in [-0.39, 0.29) is 11.8 Å². The second kappa shape index (κ2) is 11.1. The Morgan fingerprint density at radius 1 is 0.868 bits per heavy atom. The molecule has 1 aliphatic carbocycles. The third kappa shape index (κ3) is 5.44. The molecule has 1 aliphatic rings. The molecule has 1 unspecified atom stereocenters. The zero-order valence-electron chi connectivity index (χ0n) is 21.3. The number of nitrogens with zero attached hydrogens (tertiary/aromatic N) is 4. The highest BCUT2D eigenvalue weighted by molar-refractivity contribution is 5.74. The Morgan fingerprint density at radius 3 is 2.55 bits per heavy atom. The molecule has 0 spiro atoms. The van der Waals surface area contributed by atoms with Crippen LogP contribution < -0.4 is 5.32 Å². The van der Waals surface area contributed by atoms with E-state index in [0.29, 0.717) is 18.8 Å². The van der Waals surface area contributed by atoms with Gasteiger partial charge in [0.25, 0.3) is 0 Å². The molecule has 0 radical (unpaired) electrons. The second-order valence-corrected chi connectivity index (χ2v) is 9.95. The van der Waals surface area contributed by atoms with Crippen molar-refractivity contribution in [3.8, 4) is 5.75 Å². The second-order valence-electron chi connectivity index (χ2n) is 9.95. The van der Waals surface area contributed by atoms with E-state index in [1.165, 1.54) is 22.4 Å². The van der Waals surface area contributed by atoms with Crippen LogP contribution in [-0.2, 0) is 32.6 Å². The van der Waals surface area contributed by atoms with Gasteiger partial charge in [-0.3, -0.25) is 14.9 Å². The number of rotatable bonds is 9. The summed E-state index contributed by atoms with van der Waals surface area (Å²) in [5.41, 5.74) is 7.74. The first-order valence-corrected chi connectivity index (χ1v) is 13.3. The average Bonchev–Trinajstić information content (AvgIpc) is 3.37. The number of imidazole rings is 1. The first-order valence-electron chi connectivity index (χ1n) is 13.3. The fourth-order valence-electron chi connectivity index (χ4n) is 5.38. The monoisotopic (exact) mass is 504 g/mol. The third-order valence-electron chi connectivity index (χ3n) is 7.29. The Bertz CT molecular complexity index is 1480. The van der Waals surface area contributed by atoms with E-state index >= 15 is 0 Å². The number of aryl methyl sites for hydroxylation is 1. The van der Waals surface area contributed by atoms with Gasteiger partial charge in [0.05, 0.1) is 35.0 Å². The summed E-state index contributed by atoms with van der Waals surface area (Å²) in [5, 5.41) is 13.3. The Labute approximate surface area is 222 Å². The van der Waals surface area contributed by atoms with Crippen LogP contribution in [-0.4, -0.2) is 29.9 Å². The highest BCUT2D eigenvalue weighted by atomic mass is 16.3. The molecule has 6 rings (SSSR count). The zero-order valence-corrected chi connectivity index (χ0v) is 21.3. The van der Waals surface area contributed by atoms with Crippen LogP contribution in [0.25, 0.3) is 11.0 Å². The summed E-state index contributed by atoms with van der Waals surface area (Å²) in [6.45, 7) is 2.77. The summed E-state index contributed by atoms with van der Waals surface area (Å²) in [5.74, 6) is 1.20. The van der Waals surface area contributed by atoms with Crippen molar-refractivity contribution in [2.24, 2.45) is 0 Å². The lowest BCUT2D eigenvalue weighted by Crippen LogP contribution is -2.31. The minimum atomic E-state index is 0.221. The highest BCUT2D eigenvalue weighted by Gasteiger charge is 2.28. The lowest BCUT2D eigenvalue weighted by molar-refractivity contribution is 0.153. The first-order chi connectivity index (χ1) is 18.7. The largest absolute Gasteiger partial charge is 0.506 e. The number of aromatic amines is 1. The summed E-state index contributed by atoms with van der Waals surface area (Å²) in [6, 6.07) is 24.9. The molecule has 0 saturated heterocycles. The minimum Gasteiger partial charge on any atom is -0.506 e. The molecule has 5 aromatic rings. The SMILES string of the molecule is Oc1cccnc1CNCc1ccc(CN(Cc2nc3ccccc3[nH]2)C2CCCc3cccnc32)cc1. The molecular formula is C31H32N6O. The van der Waals surface area contributed by atoms with Crippen LogP contribution in [0.5, 0.6) is 5.75 Å². The van der Waals surface area contributed by atoms with E-state index < -0.39 is 0 Å². The van der Waals surface area contributed by atoms with Gasteiger partial charge < -0.3 is 15.4 Å². The van der Waals surface area contributed by atoms with Crippen molar-refractivity contribution in [3.05, 3.63) is 119 Å². The number of hydrogen-bond acceptors (Lipinski definition) is 6. The maximum absolute atomic E-state index is 9.93. The van der Waals surface area contributed by atoms with E-state index in [1.807, 2.05) is 24.4 Å². The van der Waals surface area contributed by atoms with Crippen LogP contribution in [0.3, 0.4) is 0 Å². The van der Waals surface area contributed by atoms with Crippen LogP contribution in [0.1, 0.15) is 52.8 Å². The summed E-state index contributed by atoms with van der Waals surface area (Å²) >= 11 is 0. The van der Waals surface area contributed by atoms with Gasteiger partial charge in [0.2, 0.25) is 0 Å². The quantitative estimate of drug-likeness (QED) is 0.248. The van der Waals surface area contributed by atoms with Gasteiger partial charge in [0, 0.05) is 32.0 Å². The van der Waals surface area contributed by atoms with E-state index in [0.717, 1.165) is 49.2 Å². The van der Waals surface area contributed by atoms with Crippen LogP contribution >= 0.6 is 0 Å². The van der Waals surface area contributed by atoms with Gasteiger partial charge in [0.1, 0.15) is 11.6 Å². The van der Waals surface area contributed by atoms with Gasteiger partial charge in [-0.1, -0.05) is 42.5 Å². The van der Waals surface area contributed by atoms with Crippen molar-refractivity contribution in [2.75, 3.05) is 0 Å². The van der Waals surface area contributed by atoms with E-state index in [4.69, 9.17) is 9.97 Å². The Hall–Kier alpha value is -4.07. The predicted octanol–water partition coefficient (Wildman–Crippen LogP) is 5.43. The van der Waals surface area contributed by atoms with Crippen LogP contribution in [0, 0.1) is 0 Å². The molecule has 0 aliphatic heterocycles. The molecule has 38 heavy (non-hydrogen) atoms. The molecule has 1 atom stereocenters. The highest BCUT2D eigenvalue weighted by Crippen LogP contribution is 2.34. The Kier molecular flexibility index (Phi) is 7.11. The maximum atomic E-state index is 9.93. The molecule has 0 bridgehead atoms. The molecule has 3 N–H and O–H groups in total. The van der Waals surface area contributed by atoms with Gasteiger partial charge in [-0.25, -0.2) is 4.98 Å². The van der Waals surface area contributed by atoms with Gasteiger partial charge in [0.15, 0.2) is 0 Å². The topological polar surface area (TPSA) is 90.0 Å². The first kappa shape index (κ1) is 24.3. The Morgan fingerprint density at radius 2 is 1.68 bits per heavy atom. The molecule has 192 valence electrons. The Balaban J connectivity index is 1.19. The summed E-state index contributed by atoms with van der Waals surface area (Å²) < 4.78 is 0. The standard InChI is InChI=1S/C31H32N6O/c38-29-11-5-16-33-27(29)19-32-18-22-12-14-23(15-13-22)20-37(21-30-35-25-8-1-2-9-26(25)36-30)28-10-3-6-24-7-4-17-34-31(24)28/h1-2,4-5,7-9,11-17,28,32,38H,3,6,10,18-21H2,(H,35,36). The molecule has 3 aromatic heterocycles. The summed E-state index contributed by atoms with van der Waals surface area (Å²) in [4.78, 5) is 20.0. The zero-order chi connectivity index (χ0) is 25.7.